The fourth-order valence-corrected chi connectivity index (χ4v) is 3.46. The maximum Gasteiger partial charge on any atom is 0.292 e. The van der Waals surface area contributed by atoms with Crippen LogP contribution in [0.15, 0.2) is 35.3 Å². The molecule has 4 rings (SSSR count). The van der Waals surface area contributed by atoms with Gasteiger partial charge in [0.15, 0.2) is 0 Å². The van der Waals surface area contributed by atoms with Gasteiger partial charge in [-0.25, -0.2) is 0 Å². The van der Waals surface area contributed by atoms with Crippen molar-refractivity contribution < 1.29 is 4.74 Å². The van der Waals surface area contributed by atoms with Crippen LogP contribution in [0, 0.1) is 5.92 Å². The maximum absolute atomic E-state index is 12.6. The van der Waals surface area contributed by atoms with Crippen LogP contribution in [0.2, 0.25) is 5.02 Å². The molecule has 1 aromatic heterocycles. The second-order valence-corrected chi connectivity index (χ2v) is 7.30. The van der Waals surface area contributed by atoms with Gasteiger partial charge in [0.2, 0.25) is 0 Å². The molecule has 2 aliphatic rings. The van der Waals surface area contributed by atoms with E-state index in [0.717, 1.165) is 38.3 Å². The Morgan fingerprint density at radius 3 is 2.72 bits per heavy atom. The Bertz CT molecular complexity index is 793. The molecule has 1 saturated heterocycles. The van der Waals surface area contributed by atoms with Crippen LogP contribution >= 0.6 is 11.6 Å². The van der Waals surface area contributed by atoms with Gasteiger partial charge in [-0.05, 0) is 55.2 Å². The van der Waals surface area contributed by atoms with Gasteiger partial charge in [0.1, 0.15) is 5.02 Å². The highest BCUT2D eigenvalue weighted by molar-refractivity contribution is 6.32. The van der Waals surface area contributed by atoms with Crippen LogP contribution in [0.4, 0.5) is 5.69 Å². The average Bonchev–Trinajstić information content (AvgIpc) is 3.49. The van der Waals surface area contributed by atoms with Gasteiger partial charge in [-0.2, -0.15) is 9.78 Å². The maximum atomic E-state index is 12.6. The van der Waals surface area contributed by atoms with Gasteiger partial charge < -0.3 is 10.1 Å². The van der Waals surface area contributed by atoms with Crippen molar-refractivity contribution in [3.63, 3.8) is 0 Å². The molecule has 2 heterocycles. The zero-order valence-electron chi connectivity index (χ0n) is 14.1. The Kier molecular flexibility index (Phi) is 4.77. The predicted octanol–water partition coefficient (Wildman–Crippen LogP) is 3.60. The molecule has 1 aromatic carbocycles. The molecule has 1 N–H and O–H groups in total. The number of hydrogen-bond donors (Lipinski definition) is 1. The normalized spacial score (nSPS) is 20.4. The summed E-state index contributed by atoms with van der Waals surface area (Å²) in [5.74, 6) is 1.14. The molecule has 5 nitrogen and oxygen atoms in total. The van der Waals surface area contributed by atoms with Gasteiger partial charge in [0.05, 0.1) is 24.2 Å². The molecular formula is C19H22ClN3O2. The van der Waals surface area contributed by atoms with Crippen molar-refractivity contribution in [2.24, 2.45) is 5.92 Å². The number of rotatable bonds is 5. The Labute approximate surface area is 152 Å². The van der Waals surface area contributed by atoms with Crippen LogP contribution in [-0.4, -0.2) is 29.5 Å². The molecule has 2 aromatic rings. The Morgan fingerprint density at radius 1 is 1.24 bits per heavy atom. The number of hydrogen-bond acceptors (Lipinski definition) is 4. The molecule has 1 aliphatic carbocycles. The van der Waals surface area contributed by atoms with Crippen molar-refractivity contribution in [3.05, 3.63) is 51.4 Å². The van der Waals surface area contributed by atoms with Crippen molar-refractivity contribution in [2.75, 3.05) is 25.1 Å². The van der Waals surface area contributed by atoms with E-state index in [1.807, 2.05) is 12.1 Å². The lowest BCUT2D eigenvalue weighted by atomic mass is 10.0. The summed E-state index contributed by atoms with van der Waals surface area (Å²) in [7, 11) is 0. The zero-order chi connectivity index (χ0) is 17.2. The fraction of sp³-hybridized carbons (Fsp3) is 0.474. The number of benzene rings is 1. The Morgan fingerprint density at radius 2 is 2.04 bits per heavy atom. The number of ether oxygens (including phenoxy) is 1. The average molecular weight is 360 g/mol. The van der Waals surface area contributed by atoms with E-state index in [4.69, 9.17) is 16.3 Å². The smallest absolute Gasteiger partial charge is 0.292 e. The number of halogens is 1. The molecule has 6 heteroatoms. The summed E-state index contributed by atoms with van der Waals surface area (Å²) in [4.78, 5) is 12.6. The van der Waals surface area contributed by atoms with Crippen LogP contribution in [0.5, 0.6) is 0 Å². The molecule has 0 unspecified atom stereocenters. The summed E-state index contributed by atoms with van der Waals surface area (Å²) in [5, 5.41) is 7.71. The van der Waals surface area contributed by atoms with E-state index in [2.05, 4.69) is 22.5 Å². The lowest BCUT2D eigenvalue weighted by Gasteiger charge is -2.22. The first-order chi connectivity index (χ1) is 12.2. The number of anilines is 1. The topological polar surface area (TPSA) is 56.1 Å². The number of nitrogens with zero attached hydrogens (tertiary/aromatic N) is 2. The summed E-state index contributed by atoms with van der Waals surface area (Å²) >= 11 is 6.29. The van der Waals surface area contributed by atoms with E-state index in [1.54, 1.807) is 6.20 Å². The second kappa shape index (κ2) is 7.18. The van der Waals surface area contributed by atoms with Crippen molar-refractivity contribution in [1.29, 1.82) is 0 Å². The van der Waals surface area contributed by atoms with E-state index in [1.165, 1.54) is 23.1 Å². The number of aromatic nitrogens is 2. The van der Waals surface area contributed by atoms with Gasteiger partial charge in [0, 0.05) is 13.2 Å². The van der Waals surface area contributed by atoms with Crippen LogP contribution < -0.4 is 10.9 Å². The molecule has 1 atom stereocenters. The van der Waals surface area contributed by atoms with Gasteiger partial charge in [-0.3, -0.25) is 4.79 Å². The van der Waals surface area contributed by atoms with E-state index in [0.29, 0.717) is 17.5 Å². The monoisotopic (exact) mass is 359 g/mol. The molecule has 0 amide bonds. The van der Waals surface area contributed by atoms with Crippen molar-refractivity contribution in [1.82, 2.24) is 9.78 Å². The first-order valence-electron chi connectivity index (χ1n) is 8.92. The van der Waals surface area contributed by atoms with Crippen LogP contribution in [0.25, 0.3) is 5.69 Å². The molecule has 1 saturated carbocycles. The highest BCUT2D eigenvalue weighted by Crippen LogP contribution is 2.40. The minimum Gasteiger partial charge on any atom is -0.382 e. The first-order valence-corrected chi connectivity index (χ1v) is 9.30. The van der Waals surface area contributed by atoms with E-state index in [-0.39, 0.29) is 10.6 Å². The van der Waals surface area contributed by atoms with E-state index < -0.39 is 0 Å². The van der Waals surface area contributed by atoms with E-state index in [9.17, 15) is 4.79 Å². The van der Waals surface area contributed by atoms with Gasteiger partial charge in [-0.15, -0.1) is 0 Å². The van der Waals surface area contributed by atoms with Gasteiger partial charge in [0.25, 0.3) is 5.56 Å². The van der Waals surface area contributed by atoms with Gasteiger partial charge in [-0.1, -0.05) is 23.7 Å². The highest BCUT2D eigenvalue weighted by atomic mass is 35.5. The minimum absolute atomic E-state index is 0.179. The summed E-state index contributed by atoms with van der Waals surface area (Å²) in [6.45, 7) is 2.33. The molecule has 25 heavy (non-hydrogen) atoms. The molecule has 2 fully saturated rings. The molecule has 0 radical (unpaired) electrons. The molecule has 0 spiro atoms. The zero-order valence-corrected chi connectivity index (χ0v) is 14.8. The third-order valence-electron chi connectivity index (χ3n) is 4.94. The third kappa shape index (κ3) is 3.72. The predicted molar refractivity (Wildman–Crippen MR) is 98.9 cm³/mol. The SMILES string of the molecule is O=c1c(Cl)c(NC[C@@H]2CCCOC2)cnn1-c1ccc(C2CC2)cc1. The van der Waals surface area contributed by atoms with Crippen LogP contribution in [-0.2, 0) is 4.74 Å². The highest BCUT2D eigenvalue weighted by Gasteiger charge is 2.23. The molecule has 0 bridgehead atoms. The van der Waals surface area contributed by atoms with Crippen molar-refractivity contribution >= 4 is 17.3 Å². The largest absolute Gasteiger partial charge is 0.382 e. The Balaban J connectivity index is 1.50. The lowest BCUT2D eigenvalue weighted by molar-refractivity contribution is 0.0595. The van der Waals surface area contributed by atoms with Gasteiger partial charge >= 0.3 is 0 Å². The van der Waals surface area contributed by atoms with Crippen LogP contribution in [0.3, 0.4) is 0 Å². The molecule has 132 valence electrons. The Hall–Kier alpha value is -1.85. The van der Waals surface area contributed by atoms with Crippen molar-refractivity contribution in [3.8, 4) is 5.69 Å². The summed E-state index contributed by atoms with van der Waals surface area (Å²) in [6.07, 6.45) is 6.35. The summed E-state index contributed by atoms with van der Waals surface area (Å²) < 4.78 is 6.83. The lowest BCUT2D eigenvalue weighted by Crippen LogP contribution is -2.26. The minimum atomic E-state index is -0.300. The quantitative estimate of drug-likeness (QED) is 0.886. The van der Waals surface area contributed by atoms with Crippen LogP contribution in [0.1, 0.15) is 37.2 Å². The molecular weight excluding hydrogens is 338 g/mol. The third-order valence-corrected chi connectivity index (χ3v) is 5.31. The van der Waals surface area contributed by atoms with E-state index >= 15 is 0 Å². The fourth-order valence-electron chi connectivity index (χ4n) is 3.27. The molecule has 1 aliphatic heterocycles. The summed E-state index contributed by atoms with van der Waals surface area (Å²) in [5.41, 5.74) is 2.35. The van der Waals surface area contributed by atoms with Crippen molar-refractivity contribution in [2.45, 2.75) is 31.6 Å². The second-order valence-electron chi connectivity index (χ2n) is 6.92. The summed E-state index contributed by atoms with van der Waals surface area (Å²) in [6, 6.07) is 8.02. The first kappa shape index (κ1) is 16.6. The number of nitrogens with one attached hydrogen (secondary N) is 1. The standard InChI is InChI=1S/C19H22ClN3O2/c20-18-17(21-10-13-2-1-9-25-12-13)11-22-23(19(18)24)16-7-5-15(6-8-16)14-3-4-14/h5-8,11,13-14,21H,1-4,9-10,12H2/t13-/m0/s1.